The minimum Gasteiger partial charge on any atom is -0.465 e. The molecule has 8 nitrogen and oxygen atoms in total. The average Bonchev–Trinajstić information content (AvgIpc) is 3.26. The van der Waals surface area contributed by atoms with Gasteiger partial charge in [-0.1, -0.05) is 0 Å². The molecule has 4 rings (SSSR count). The first-order chi connectivity index (χ1) is 15.5. The Bertz CT molecular complexity index is 1020. The molecular weight excluding hydrogens is 428 g/mol. The van der Waals surface area contributed by atoms with Gasteiger partial charge in [-0.2, -0.15) is 0 Å². The van der Waals surface area contributed by atoms with Gasteiger partial charge in [0, 0.05) is 38.6 Å². The summed E-state index contributed by atoms with van der Waals surface area (Å²) in [6, 6.07) is 6.76. The highest BCUT2D eigenvalue weighted by molar-refractivity contribution is 7.98. The molecule has 32 heavy (non-hydrogen) atoms. The van der Waals surface area contributed by atoms with E-state index in [1.54, 1.807) is 24.4 Å². The van der Waals surface area contributed by atoms with Crippen LogP contribution in [0.1, 0.15) is 50.5 Å². The second-order valence-electron chi connectivity index (χ2n) is 8.25. The maximum atomic E-state index is 13.0. The van der Waals surface area contributed by atoms with E-state index >= 15 is 0 Å². The Balaban J connectivity index is 1.37. The van der Waals surface area contributed by atoms with Gasteiger partial charge in [0.05, 0.1) is 18.2 Å². The van der Waals surface area contributed by atoms with E-state index in [1.807, 2.05) is 22.1 Å². The largest absolute Gasteiger partial charge is 0.465 e. The van der Waals surface area contributed by atoms with Crippen LogP contribution in [0.15, 0.2) is 41.7 Å². The van der Waals surface area contributed by atoms with E-state index in [0.717, 1.165) is 24.3 Å². The number of nitrogens with zero attached hydrogens (tertiary/aromatic N) is 4. The van der Waals surface area contributed by atoms with Gasteiger partial charge in [-0.3, -0.25) is 14.6 Å². The smallest absolute Gasteiger partial charge is 0.339 e. The fourth-order valence-corrected chi connectivity index (χ4v) is 5.05. The molecule has 9 heteroatoms. The molecule has 2 saturated heterocycles. The zero-order chi connectivity index (χ0) is 22.7. The molecule has 0 aliphatic carbocycles. The first-order valence-electron chi connectivity index (χ1n) is 10.6. The molecule has 2 aliphatic heterocycles. The number of thioether (sulfide) groups is 1. The van der Waals surface area contributed by atoms with Gasteiger partial charge in [-0.15, -0.1) is 11.8 Å². The SMILES string of the molecule is COC(=O)c1ccc(C(=O)N2CCC3(CCN(C(=O)c4cccnc4SC)CC3)C2)nc1. The molecule has 0 radical (unpaired) electrons. The van der Waals surface area contributed by atoms with Crippen molar-refractivity contribution in [2.24, 2.45) is 5.41 Å². The van der Waals surface area contributed by atoms with Crippen LogP contribution in [0.3, 0.4) is 0 Å². The summed E-state index contributed by atoms with van der Waals surface area (Å²) >= 11 is 1.48. The topological polar surface area (TPSA) is 92.7 Å². The molecule has 2 aromatic rings. The van der Waals surface area contributed by atoms with E-state index in [2.05, 4.69) is 14.7 Å². The molecule has 4 heterocycles. The van der Waals surface area contributed by atoms with Gasteiger partial charge in [-0.05, 0) is 55.2 Å². The molecule has 0 bridgehead atoms. The van der Waals surface area contributed by atoms with Crippen LogP contribution < -0.4 is 0 Å². The van der Waals surface area contributed by atoms with Crippen molar-refractivity contribution < 1.29 is 19.1 Å². The summed E-state index contributed by atoms with van der Waals surface area (Å²) in [5, 5.41) is 0.751. The fourth-order valence-electron chi connectivity index (χ4n) is 4.51. The number of amides is 2. The van der Waals surface area contributed by atoms with E-state index in [-0.39, 0.29) is 17.2 Å². The van der Waals surface area contributed by atoms with Gasteiger partial charge < -0.3 is 14.5 Å². The number of aromatic nitrogens is 2. The Kier molecular flexibility index (Phi) is 6.45. The number of hydrogen-bond donors (Lipinski definition) is 0. The highest BCUT2D eigenvalue weighted by atomic mass is 32.2. The number of ether oxygens (including phenoxy) is 1. The third-order valence-corrected chi connectivity index (χ3v) is 7.15. The highest BCUT2D eigenvalue weighted by Crippen LogP contribution is 2.41. The van der Waals surface area contributed by atoms with Crippen LogP contribution >= 0.6 is 11.8 Å². The minimum atomic E-state index is -0.478. The highest BCUT2D eigenvalue weighted by Gasteiger charge is 2.43. The van der Waals surface area contributed by atoms with Crippen LogP contribution in [0.5, 0.6) is 0 Å². The fraction of sp³-hybridized carbons (Fsp3) is 0.435. The lowest BCUT2D eigenvalue weighted by atomic mass is 9.77. The van der Waals surface area contributed by atoms with Gasteiger partial charge in [0.25, 0.3) is 11.8 Å². The van der Waals surface area contributed by atoms with Gasteiger partial charge in [-0.25, -0.2) is 9.78 Å². The van der Waals surface area contributed by atoms with E-state index in [9.17, 15) is 14.4 Å². The monoisotopic (exact) mass is 454 g/mol. The van der Waals surface area contributed by atoms with Gasteiger partial charge in [0.1, 0.15) is 10.7 Å². The van der Waals surface area contributed by atoms with Crippen LogP contribution in [-0.2, 0) is 4.74 Å². The normalized spacial score (nSPS) is 17.4. The van der Waals surface area contributed by atoms with Crippen molar-refractivity contribution in [1.82, 2.24) is 19.8 Å². The first kappa shape index (κ1) is 22.3. The number of hydrogen-bond acceptors (Lipinski definition) is 7. The summed E-state index contributed by atoms with van der Waals surface area (Å²) < 4.78 is 4.67. The number of likely N-dealkylation sites (tertiary alicyclic amines) is 2. The second-order valence-corrected chi connectivity index (χ2v) is 9.05. The Labute approximate surface area is 191 Å². The van der Waals surface area contributed by atoms with Crippen molar-refractivity contribution in [3.05, 3.63) is 53.5 Å². The summed E-state index contributed by atoms with van der Waals surface area (Å²) in [6.07, 6.45) is 7.65. The summed E-state index contributed by atoms with van der Waals surface area (Å²) in [5.41, 5.74) is 1.33. The Morgan fingerprint density at radius 3 is 2.34 bits per heavy atom. The van der Waals surface area contributed by atoms with Crippen molar-refractivity contribution in [2.45, 2.75) is 24.3 Å². The zero-order valence-electron chi connectivity index (χ0n) is 18.2. The predicted molar refractivity (Wildman–Crippen MR) is 120 cm³/mol. The van der Waals surface area contributed by atoms with Crippen LogP contribution in [0, 0.1) is 5.41 Å². The standard InChI is InChI=1S/C23H26N4O4S/c1-31-22(30)16-5-6-18(25-14-16)21(29)27-13-9-23(15-27)7-11-26(12-8-23)20(28)17-4-3-10-24-19(17)32-2/h3-6,10,14H,7-9,11-13,15H2,1-2H3. The number of pyridine rings is 2. The van der Waals surface area contributed by atoms with Gasteiger partial charge in [0.2, 0.25) is 0 Å². The third kappa shape index (κ3) is 4.34. The predicted octanol–water partition coefficient (Wildman–Crippen LogP) is 2.75. The molecule has 168 valence electrons. The molecule has 2 aromatic heterocycles. The number of piperidine rings is 1. The van der Waals surface area contributed by atoms with E-state index < -0.39 is 5.97 Å². The maximum Gasteiger partial charge on any atom is 0.339 e. The Morgan fingerprint density at radius 2 is 1.72 bits per heavy atom. The maximum absolute atomic E-state index is 13.0. The quantitative estimate of drug-likeness (QED) is 0.518. The molecule has 0 unspecified atom stereocenters. The molecule has 0 saturated carbocycles. The molecule has 0 atom stereocenters. The van der Waals surface area contributed by atoms with E-state index in [0.29, 0.717) is 43.0 Å². The summed E-state index contributed by atoms with van der Waals surface area (Å²) in [6.45, 7) is 2.69. The first-order valence-corrected chi connectivity index (χ1v) is 11.8. The number of rotatable bonds is 4. The molecule has 2 aliphatic rings. The second kappa shape index (κ2) is 9.28. The number of carbonyl (C=O) groups is 3. The van der Waals surface area contributed by atoms with E-state index in [4.69, 9.17) is 0 Å². The molecule has 2 amide bonds. The molecule has 2 fully saturated rings. The van der Waals surface area contributed by atoms with Gasteiger partial charge >= 0.3 is 5.97 Å². The van der Waals surface area contributed by atoms with E-state index in [1.165, 1.54) is 25.1 Å². The lowest BCUT2D eigenvalue weighted by Gasteiger charge is -2.39. The summed E-state index contributed by atoms with van der Waals surface area (Å²) in [4.78, 5) is 49.7. The third-order valence-electron chi connectivity index (χ3n) is 6.44. The minimum absolute atomic E-state index is 0.0260. The average molecular weight is 455 g/mol. The van der Waals surface area contributed by atoms with Gasteiger partial charge in [0.15, 0.2) is 0 Å². The van der Waals surface area contributed by atoms with Crippen molar-refractivity contribution in [3.8, 4) is 0 Å². The number of carbonyl (C=O) groups excluding carboxylic acids is 3. The number of methoxy groups -OCH3 is 1. The zero-order valence-corrected chi connectivity index (χ0v) is 19.1. The molecular formula is C23H26N4O4S. The summed E-state index contributed by atoms with van der Waals surface area (Å²) in [7, 11) is 1.31. The lowest BCUT2D eigenvalue weighted by molar-refractivity contribution is 0.0561. The van der Waals surface area contributed by atoms with Crippen molar-refractivity contribution >= 4 is 29.5 Å². The molecule has 0 aromatic carbocycles. The van der Waals surface area contributed by atoms with Crippen LogP contribution in [-0.4, -0.2) is 77.1 Å². The Morgan fingerprint density at radius 1 is 1.00 bits per heavy atom. The molecule has 1 spiro atoms. The van der Waals surface area contributed by atoms with Crippen LogP contribution in [0.2, 0.25) is 0 Å². The van der Waals surface area contributed by atoms with Crippen molar-refractivity contribution in [3.63, 3.8) is 0 Å². The van der Waals surface area contributed by atoms with Crippen LogP contribution in [0.4, 0.5) is 0 Å². The lowest BCUT2D eigenvalue weighted by Crippen LogP contribution is -2.44. The summed E-state index contributed by atoms with van der Waals surface area (Å²) in [5.74, 6) is -0.580. The number of esters is 1. The van der Waals surface area contributed by atoms with Crippen molar-refractivity contribution in [2.75, 3.05) is 39.5 Å². The molecule has 0 N–H and O–H groups in total. The Hall–Kier alpha value is -2.94. The van der Waals surface area contributed by atoms with Crippen LogP contribution in [0.25, 0.3) is 0 Å². The van der Waals surface area contributed by atoms with Crippen molar-refractivity contribution in [1.29, 1.82) is 0 Å².